The van der Waals surface area contributed by atoms with Crippen LogP contribution in [0.25, 0.3) is 11.5 Å². The standard InChI is InChI=1S/C15H19N3O3/c1-11-10-20-8-7-18(11)9-14-16-17-15(21-14)12-3-5-13(19-2)6-4-12/h3-6,11H,7-10H2,1-2H3. The molecule has 0 aliphatic carbocycles. The van der Waals surface area contributed by atoms with Crippen molar-refractivity contribution in [2.24, 2.45) is 0 Å². The number of benzene rings is 1. The number of nitrogens with zero attached hydrogens (tertiary/aromatic N) is 3. The fourth-order valence-corrected chi connectivity index (χ4v) is 2.34. The number of hydrogen-bond donors (Lipinski definition) is 0. The maximum absolute atomic E-state index is 5.75. The second-order valence-corrected chi connectivity index (χ2v) is 5.12. The highest BCUT2D eigenvalue weighted by Gasteiger charge is 2.21. The van der Waals surface area contributed by atoms with Gasteiger partial charge in [-0.3, -0.25) is 4.90 Å². The molecule has 1 aliphatic rings. The van der Waals surface area contributed by atoms with Gasteiger partial charge in [-0.05, 0) is 31.2 Å². The van der Waals surface area contributed by atoms with Gasteiger partial charge in [0.25, 0.3) is 0 Å². The maximum Gasteiger partial charge on any atom is 0.247 e. The Bertz CT molecular complexity index is 582. The predicted molar refractivity (Wildman–Crippen MR) is 77.0 cm³/mol. The van der Waals surface area contributed by atoms with Gasteiger partial charge in [-0.1, -0.05) is 0 Å². The van der Waals surface area contributed by atoms with E-state index in [-0.39, 0.29) is 0 Å². The van der Waals surface area contributed by atoms with Crippen LogP contribution in [0.3, 0.4) is 0 Å². The van der Waals surface area contributed by atoms with Crippen LogP contribution in [-0.2, 0) is 11.3 Å². The third-order valence-electron chi connectivity index (χ3n) is 3.65. The highest BCUT2D eigenvalue weighted by atomic mass is 16.5. The SMILES string of the molecule is COc1ccc(-c2nnc(CN3CCOCC3C)o2)cc1. The molecule has 2 aromatic rings. The molecule has 1 unspecified atom stereocenters. The summed E-state index contributed by atoms with van der Waals surface area (Å²) in [5, 5.41) is 8.25. The molecule has 1 aromatic heterocycles. The van der Waals surface area contributed by atoms with Gasteiger partial charge in [0, 0.05) is 18.2 Å². The molecule has 1 fully saturated rings. The molecular weight excluding hydrogens is 270 g/mol. The highest BCUT2D eigenvalue weighted by molar-refractivity contribution is 5.53. The topological polar surface area (TPSA) is 60.6 Å². The predicted octanol–water partition coefficient (Wildman–Crippen LogP) is 1.97. The Hall–Kier alpha value is -1.92. The van der Waals surface area contributed by atoms with Crippen molar-refractivity contribution in [1.82, 2.24) is 15.1 Å². The minimum atomic E-state index is 0.370. The lowest BCUT2D eigenvalue weighted by Gasteiger charge is -2.31. The largest absolute Gasteiger partial charge is 0.497 e. The zero-order valence-electron chi connectivity index (χ0n) is 12.3. The van der Waals surface area contributed by atoms with Gasteiger partial charge in [-0.25, -0.2) is 0 Å². The Balaban J connectivity index is 1.70. The van der Waals surface area contributed by atoms with Crippen LogP contribution in [0.1, 0.15) is 12.8 Å². The average molecular weight is 289 g/mol. The molecule has 0 saturated carbocycles. The highest BCUT2D eigenvalue weighted by Crippen LogP contribution is 2.22. The summed E-state index contributed by atoms with van der Waals surface area (Å²) in [5.74, 6) is 1.98. The lowest BCUT2D eigenvalue weighted by Crippen LogP contribution is -2.42. The molecule has 6 heteroatoms. The molecule has 1 atom stereocenters. The maximum atomic E-state index is 5.75. The van der Waals surface area contributed by atoms with Gasteiger partial charge in [0.05, 0.1) is 26.9 Å². The van der Waals surface area contributed by atoms with Crippen LogP contribution in [0.2, 0.25) is 0 Å². The molecular formula is C15H19N3O3. The van der Waals surface area contributed by atoms with Crippen LogP contribution >= 0.6 is 0 Å². The van der Waals surface area contributed by atoms with E-state index in [4.69, 9.17) is 13.9 Å². The second-order valence-electron chi connectivity index (χ2n) is 5.12. The van der Waals surface area contributed by atoms with E-state index in [0.717, 1.165) is 31.1 Å². The van der Waals surface area contributed by atoms with Gasteiger partial charge in [0.15, 0.2) is 0 Å². The van der Waals surface area contributed by atoms with Crippen molar-refractivity contribution >= 4 is 0 Å². The van der Waals surface area contributed by atoms with Gasteiger partial charge < -0.3 is 13.9 Å². The minimum absolute atomic E-state index is 0.370. The fraction of sp³-hybridized carbons (Fsp3) is 0.467. The lowest BCUT2D eigenvalue weighted by molar-refractivity contribution is -0.00777. The van der Waals surface area contributed by atoms with E-state index in [0.29, 0.717) is 24.4 Å². The molecule has 0 bridgehead atoms. The number of morpholine rings is 1. The normalized spacial score (nSPS) is 19.6. The first-order valence-electron chi connectivity index (χ1n) is 7.05. The molecule has 112 valence electrons. The smallest absolute Gasteiger partial charge is 0.247 e. The first kappa shape index (κ1) is 14.0. The average Bonchev–Trinajstić information content (AvgIpc) is 2.98. The number of methoxy groups -OCH3 is 1. The summed E-state index contributed by atoms with van der Waals surface area (Å²) in [6, 6.07) is 7.95. The van der Waals surface area contributed by atoms with E-state index < -0.39 is 0 Å². The lowest BCUT2D eigenvalue weighted by atomic mass is 10.2. The van der Waals surface area contributed by atoms with E-state index in [2.05, 4.69) is 22.0 Å². The minimum Gasteiger partial charge on any atom is -0.497 e. The zero-order valence-corrected chi connectivity index (χ0v) is 12.3. The van der Waals surface area contributed by atoms with Crippen molar-refractivity contribution in [3.8, 4) is 17.2 Å². The van der Waals surface area contributed by atoms with E-state index in [1.54, 1.807) is 7.11 Å². The van der Waals surface area contributed by atoms with Gasteiger partial charge in [-0.2, -0.15) is 0 Å². The van der Waals surface area contributed by atoms with Crippen LogP contribution in [0.15, 0.2) is 28.7 Å². The van der Waals surface area contributed by atoms with Crippen molar-refractivity contribution in [1.29, 1.82) is 0 Å². The molecule has 1 saturated heterocycles. The molecule has 2 heterocycles. The first-order valence-corrected chi connectivity index (χ1v) is 7.05. The third-order valence-corrected chi connectivity index (χ3v) is 3.65. The van der Waals surface area contributed by atoms with E-state index in [9.17, 15) is 0 Å². The van der Waals surface area contributed by atoms with Gasteiger partial charge in [0.1, 0.15) is 5.75 Å². The van der Waals surface area contributed by atoms with Crippen molar-refractivity contribution in [3.63, 3.8) is 0 Å². The number of hydrogen-bond acceptors (Lipinski definition) is 6. The van der Waals surface area contributed by atoms with Crippen LogP contribution in [0.4, 0.5) is 0 Å². The number of ether oxygens (including phenoxy) is 2. The molecule has 0 radical (unpaired) electrons. The Morgan fingerprint density at radius 3 is 2.81 bits per heavy atom. The Kier molecular flexibility index (Phi) is 4.17. The van der Waals surface area contributed by atoms with Crippen LogP contribution in [0.5, 0.6) is 5.75 Å². The van der Waals surface area contributed by atoms with Gasteiger partial charge in [0.2, 0.25) is 11.8 Å². The monoisotopic (exact) mass is 289 g/mol. The van der Waals surface area contributed by atoms with E-state index >= 15 is 0 Å². The summed E-state index contributed by atoms with van der Waals surface area (Å²) in [7, 11) is 1.64. The number of aromatic nitrogens is 2. The summed E-state index contributed by atoms with van der Waals surface area (Å²) in [6.45, 7) is 5.19. The van der Waals surface area contributed by atoms with Gasteiger partial charge in [-0.15, -0.1) is 10.2 Å². The summed E-state index contributed by atoms with van der Waals surface area (Å²) < 4.78 is 16.3. The van der Waals surface area contributed by atoms with Crippen molar-refractivity contribution in [2.75, 3.05) is 26.9 Å². The number of rotatable bonds is 4. The quantitative estimate of drug-likeness (QED) is 0.857. The Morgan fingerprint density at radius 2 is 2.10 bits per heavy atom. The molecule has 0 N–H and O–H groups in total. The molecule has 1 aromatic carbocycles. The summed E-state index contributed by atoms with van der Waals surface area (Å²) in [4.78, 5) is 2.29. The molecule has 1 aliphatic heterocycles. The molecule has 6 nitrogen and oxygen atoms in total. The van der Waals surface area contributed by atoms with Gasteiger partial charge >= 0.3 is 0 Å². The Morgan fingerprint density at radius 1 is 1.29 bits per heavy atom. The molecule has 0 spiro atoms. The van der Waals surface area contributed by atoms with Crippen molar-refractivity contribution in [2.45, 2.75) is 19.5 Å². The summed E-state index contributed by atoms with van der Waals surface area (Å²) in [5.41, 5.74) is 0.893. The summed E-state index contributed by atoms with van der Waals surface area (Å²) in [6.07, 6.45) is 0. The molecule has 21 heavy (non-hydrogen) atoms. The molecule has 3 rings (SSSR count). The molecule has 0 amide bonds. The first-order chi connectivity index (χ1) is 10.3. The second kappa shape index (κ2) is 6.24. The third kappa shape index (κ3) is 3.22. The Labute approximate surface area is 123 Å². The van der Waals surface area contributed by atoms with Crippen LogP contribution in [-0.4, -0.2) is 48.0 Å². The van der Waals surface area contributed by atoms with E-state index in [1.165, 1.54) is 0 Å². The fourth-order valence-electron chi connectivity index (χ4n) is 2.34. The van der Waals surface area contributed by atoms with Crippen molar-refractivity contribution in [3.05, 3.63) is 30.2 Å². The summed E-state index contributed by atoms with van der Waals surface area (Å²) >= 11 is 0. The van der Waals surface area contributed by atoms with E-state index in [1.807, 2.05) is 24.3 Å². The van der Waals surface area contributed by atoms with Crippen LogP contribution in [0, 0.1) is 0 Å². The van der Waals surface area contributed by atoms with Crippen LogP contribution < -0.4 is 4.74 Å². The zero-order chi connectivity index (χ0) is 14.7. The van der Waals surface area contributed by atoms with Crippen molar-refractivity contribution < 1.29 is 13.9 Å².